The molecule has 0 saturated carbocycles. The van der Waals surface area contributed by atoms with Crippen LogP contribution in [0.1, 0.15) is 11.1 Å². The van der Waals surface area contributed by atoms with Crippen molar-refractivity contribution in [2.24, 2.45) is 0 Å². The van der Waals surface area contributed by atoms with Crippen molar-refractivity contribution in [3.63, 3.8) is 0 Å². The van der Waals surface area contributed by atoms with Crippen molar-refractivity contribution in [3.8, 4) is 17.2 Å². The SMILES string of the molecule is COc1cc(CCNC(=O)N(C)CCc2ccncc2)cc(OC)c1OC. The smallest absolute Gasteiger partial charge is 0.317 e. The highest BCUT2D eigenvalue weighted by Gasteiger charge is 2.13. The molecule has 0 radical (unpaired) electrons. The molecule has 146 valence electrons. The van der Waals surface area contributed by atoms with Crippen LogP contribution in [0.2, 0.25) is 0 Å². The van der Waals surface area contributed by atoms with E-state index in [1.807, 2.05) is 24.3 Å². The molecule has 1 N–H and O–H groups in total. The third-order valence-electron chi connectivity index (χ3n) is 4.25. The zero-order chi connectivity index (χ0) is 19.6. The van der Waals surface area contributed by atoms with Gasteiger partial charge in [0.05, 0.1) is 21.3 Å². The molecule has 27 heavy (non-hydrogen) atoms. The van der Waals surface area contributed by atoms with E-state index in [0.29, 0.717) is 36.8 Å². The Morgan fingerprint density at radius 3 is 2.19 bits per heavy atom. The molecule has 1 aromatic carbocycles. The maximum absolute atomic E-state index is 12.2. The van der Waals surface area contributed by atoms with Crippen LogP contribution in [0.5, 0.6) is 17.2 Å². The molecule has 2 rings (SSSR count). The lowest BCUT2D eigenvalue weighted by molar-refractivity contribution is 0.209. The maximum Gasteiger partial charge on any atom is 0.317 e. The van der Waals surface area contributed by atoms with Crippen molar-refractivity contribution < 1.29 is 19.0 Å². The monoisotopic (exact) mass is 373 g/mol. The second-order valence-electron chi connectivity index (χ2n) is 6.04. The summed E-state index contributed by atoms with van der Waals surface area (Å²) in [5, 5.41) is 2.93. The molecule has 0 spiro atoms. The Bertz CT molecular complexity index is 712. The zero-order valence-electron chi connectivity index (χ0n) is 16.3. The fraction of sp³-hybridized carbons (Fsp3) is 0.400. The van der Waals surface area contributed by atoms with Crippen molar-refractivity contribution in [3.05, 3.63) is 47.8 Å². The van der Waals surface area contributed by atoms with Crippen molar-refractivity contribution in [1.82, 2.24) is 15.2 Å². The highest BCUT2D eigenvalue weighted by atomic mass is 16.5. The average molecular weight is 373 g/mol. The number of benzene rings is 1. The van der Waals surface area contributed by atoms with Gasteiger partial charge in [0.2, 0.25) is 5.75 Å². The standard InChI is InChI=1S/C20H27N3O4/c1-23(12-8-15-5-9-21-10-6-15)20(24)22-11-7-16-13-17(25-2)19(27-4)18(14-16)26-3/h5-6,9-10,13-14H,7-8,11-12H2,1-4H3,(H,22,24). The largest absolute Gasteiger partial charge is 0.493 e. The summed E-state index contributed by atoms with van der Waals surface area (Å²) in [6, 6.07) is 7.59. The Balaban J connectivity index is 1.85. The van der Waals surface area contributed by atoms with Crippen LogP contribution in [0.3, 0.4) is 0 Å². The van der Waals surface area contributed by atoms with Crippen LogP contribution in [0, 0.1) is 0 Å². The minimum Gasteiger partial charge on any atom is -0.493 e. The molecule has 1 aromatic heterocycles. The number of hydrogen-bond acceptors (Lipinski definition) is 5. The third-order valence-corrected chi connectivity index (χ3v) is 4.25. The summed E-state index contributed by atoms with van der Waals surface area (Å²) in [5.41, 5.74) is 2.14. The fourth-order valence-corrected chi connectivity index (χ4v) is 2.68. The molecular formula is C20H27N3O4. The van der Waals surface area contributed by atoms with Gasteiger partial charge in [-0.05, 0) is 48.2 Å². The number of urea groups is 1. The number of methoxy groups -OCH3 is 3. The van der Waals surface area contributed by atoms with Crippen LogP contribution in [-0.4, -0.2) is 57.4 Å². The van der Waals surface area contributed by atoms with Crippen LogP contribution < -0.4 is 19.5 Å². The maximum atomic E-state index is 12.2. The number of amides is 2. The molecule has 0 bridgehead atoms. The molecule has 7 nitrogen and oxygen atoms in total. The van der Waals surface area contributed by atoms with E-state index in [0.717, 1.165) is 17.5 Å². The van der Waals surface area contributed by atoms with E-state index in [1.165, 1.54) is 0 Å². The molecular weight excluding hydrogens is 346 g/mol. The molecule has 0 aliphatic carbocycles. The van der Waals surface area contributed by atoms with Crippen molar-refractivity contribution in [1.29, 1.82) is 0 Å². The molecule has 2 amide bonds. The lowest BCUT2D eigenvalue weighted by Crippen LogP contribution is -2.39. The Morgan fingerprint density at radius 2 is 1.63 bits per heavy atom. The highest BCUT2D eigenvalue weighted by molar-refractivity contribution is 5.73. The number of carbonyl (C=O) groups excluding carboxylic acids is 1. The highest BCUT2D eigenvalue weighted by Crippen LogP contribution is 2.38. The number of nitrogens with zero attached hydrogens (tertiary/aromatic N) is 2. The van der Waals surface area contributed by atoms with Gasteiger partial charge in [-0.25, -0.2) is 4.79 Å². The number of nitrogens with one attached hydrogen (secondary N) is 1. The second kappa shape index (κ2) is 10.3. The number of likely N-dealkylation sites (N-methyl/N-ethyl adjacent to an activating group) is 1. The molecule has 0 fully saturated rings. The minimum absolute atomic E-state index is 0.100. The molecule has 7 heteroatoms. The van der Waals surface area contributed by atoms with E-state index in [2.05, 4.69) is 10.3 Å². The number of pyridine rings is 1. The van der Waals surface area contributed by atoms with Gasteiger partial charge in [0, 0.05) is 32.5 Å². The number of ether oxygens (including phenoxy) is 3. The van der Waals surface area contributed by atoms with Crippen molar-refractivity contribution in [2.45, 2.75) is 12.8 Å². The van der Waals surface area contributed by atoms with Gasteiger partial charge in [-0.1, -0.05) is 0 Å². The molecule has 2 aromatic rings. The van der Waals surface area contributed by atoms with E-state index in [4.69, 9.17) is 14.2 Å². The quantitative estimate of drug-likeness (QED) is 0.731. The van der Waals surface area contributed by atoms with Gasteiger partial charge >= 0.3 is 6.03 Å². The Hall–Kier alpha value is -2.96. The summed E-state index contributed by atoms with van der Waals surface area (Å²) in [6.07, 6.45) is 4.96. The fourth-order valence-electron chi connectivity index (χ4n) is 2.68. The number of carbonyl (C=O) groups is 1. The first-order chi connectivity index (χ1) is 13.1. The molecule has 0 aliphatic rings. The lowest BCUT2D eigenvalue weighted by atomic mass is 10.1. The first kappa shape index (κ1) is 20.4. The molecule has 0 unspecified atom stereocenters. The summed E-state index contributed by atoms with van der Waals surface area (Å²) in [4.78, 5) is 17.9. The zero-order valence-corrected chi connectivity index (χ0v) is 16.3. The Kier molecular flexibility index (Phi) is 7.73. The topological polar surface area (TPSA) is 72.9 Å². The predicted octanol–water partition coefficient (Wildman–Crippen LogP) is 2.53. The molecule has 0 aliphatic heterocycles. The Morgan fingerprint density at radius 1 is 1.00 bits per heavy atom. The van der Waals surface area contributed by atoms with Crippen LogP contribution in [0.25, 0.3) is 0 Å². The van der Waals surface area contributed by atoms with E-state index in [9.17, 15) is 4.79 Å². The summed E-state index contributed by atoms with van der Waals surface area (Å²) in [6.45, 7) is 1.15. The van der Waals surface area contributed by atoms with Crippen LogP contribution >= 0.6 is 0 Å². The number of hydrogen-bond donors (Lipinski definition) is 1. The normalized spacial score (nSPS) is 10.2. The Labute approximate surface area is 160 Å². The third kappa shape index (κ3) is 5.77. The van der Waals surface area contributed by atoms with Crippen LogP contribution in [0.4, 0.5) is 4.79 Å². The van der Waals surface area contributed by atoms with Crippen molar-refractivity contribution >= 4 is 6.03 Å². The van der Waals surface area contributed by atoms with Crippen LogP contribution in [0.15, 0.2) is 36.7 Å². The van der Waals surface area contributed by atoms with Crippen molar-refractivity contribution in [2.75, 3.05) is 41.5 Å². The van der Waals surface area contributed by atoms with Gasteiger partial charge in [-0.2, -0.15) is 0 Å². The number of aromatic nitrogens is 1. The van der Waals surface area contributed by atoms with Gasteiger partial charge in [0.15, 0.2) is 11.5 Å². The number of rotatable bonds is 9. The average Bonchev–Trinajstić information content (AvgIpc) is 2.71. The first-order valence-electron chi connectivity index (χ1n) is 8.75. The van der Waals surface area contributed by atoms with Gasteiger partial charge < -0.3 is 24.4 Å². The first-order valence-corrected chi connectivity index (χ1v) is 8.75. The lowest BCUT2D eigenvalue weighted by Gasteiger charge is -2.18. The van der Waals surface area contributed by atoms with Gasteiger partial charge in [0.25, 0.3) is 0 Å². The summed E-state index contributed by atoms with van der Waals surface area (Å²) in [7, 11) is 6.53. The summed E-state index contributed by atoms with van der Waals surface area (Å²) >= 11 is 0. The van der Waals surface area contributed by atoms with E-state index >= 15 is 0 Å². The predicted molar refractivity (Wildman–Crippen MR) is 104 cm³/mol. The molecule has 0 saturated heterocycles. The van der Waals surface area contributed by atoms with Gasteiger partial charge in [-0.15, -0.1) is 0 Å². The molecule has 1 heterocycles. The van der Waals surface area contributed by atoms with Crippen LogP contribution in [-0.2, 0) is 12.8 Å². The minimum atomic E-state index is -0.100. The summed E-state index contributed by atoms with van der Waals surface area (Å²) in [5.74, 6) is 1.77. The molecule has 0 atom stereocenters. The van der Waals surface area contributed by atoms with E-state index in [-0.39, 0.29) is 6.03 Å². The van der Waals surface area contributed by atoms with E-state index in [1.54, 1.807) is 45.7 Å². The van der Waals surface area contributed by atoms with Gasteiger partial charge in [0.1, 0.15) is 0 Å². The van der Waals surface area contributed by atoms with Gasteiger partial charge in [-0.3, -0.25) is 4.98 Å². The second-order valence-corrected chi connectivity index (χ2v) is 6.04. The van der Waals surface area contributed by atoms with E-state index < -0.39 is 0 Å². The summed E-state index contributed by atoms with van der Waals surface area (Å²) < 4.78 is 16.0.